The van der Waals surface area contributed by atoms with E-state index in [2.05, 4.69) is 5.16 Å². The Morgan fingerprint density at radius 3 is 2.22 bits per heavy atom. The standard InChI is InChI=1S/C16H19NO5S/c18-16(19)15(17-22-12-3-1-2-4-12)11-5-7-13(8-6-11)23(20,21)14-9-10-14/h5-8,12,14H,1-4,9-10H2,(H,18,19)/b17-15+. The molecule has 3 rings (SSSR count). The molecule has 23 heavy (non-hydrogen) atoms. The Bertz CT molecular complexity index is 713. The van der Waals surface area contributed by atoms with Crippen LogP contribution in [0, 0.1) is 0 Å². The molecule has 1 N–H and O–H groups in total. The van der Waals surface area contributed by atoms with Gasteiger partial charge in [-0.3, -0.25) is 0 Å². The number of aliphatic carboxylic acids is 1. The molecule has 0 unspecified atom stereocenters. The Kier molecular flexibility index (Phi) is 4.39. The molecule has 0 aliphatic heterocycles. The van der Waals surface area contributed by atoms with Gasteiger partial charge in [-0.05, 0) is 50.7 Å². The second-order valence-corrected chi connectivity index (χ2v) is 8.25. The fourth-order valence-corrected chi connectivity index (χ4v) is 4.37. The molecule has 124 valence electrons. The van der Waals surface area contributed by atoms with Crippen LogP contribution in [0.5, 0.6) is 0 Å². The van der Waals surface area contributed by atoms with E-state index >= 15 is 0 Å². The Labute approximate surface area is 135 Å². The van der Waals surface area contributed by atoms with Crippen LogP contribution in [0.2, 0.25) is 0 Å². The Morgan fingerprint density at radius 1 is 1.09 bits per heavy atom. The number of nitrogens with zero attached hydrogens (tertiary/aromatic N) is 1. The van der Waals surface area contributed by atoms with E-state index in [0.29, 0.717) is 18.4 Å². The summed E-state index contributed by atoms with van der Waals surface area (Å²) in [7, 11) is -3.27. The van der Waals surface area contributed by atoms with E-state index in [1.165, 1.54) is 24.3 Å². The summed E-state index contributed by atoms with van der Waals surface area (Å²) in [6.45, 7) is 0. The number of hydrogen-bond donors (Lipinski definition) is 1. The van der Waals surface area contributed by atoms with Crippen molar-refractivity contribution in [1.29, 1.82) is 0 Å². The van der Waals surface area contributed by atoms with Gasteiger partial charge in [-0.2, -0.15) is 0 Å². The van der Waals surface area contributed by atoms with E-state index in [0.717, 1.165) is 25.7 Å². The third kappa shape index (κ3) is 3.55. The summed E-state index contributed by atoms with van der Waals surface area (Å²) in [6, 6.07) is 5.83. The zero-order chi connectivity index (χ0) is 16.4. The summed E-state index contributed by atoms with van der Waals surface area (Å²) in [6.07, 6.45) is 5.26. The predicted molar refractivity (Wildman–Crippen MR) is 84.2 cm³/mol. The first-order valence-electron chi connectivity index (χ1n) is 7.80. The lowest BCUT2D eigenvalue weighted by molar-refractivity contribution is -0.129. The fourth-order valence-electron chi connectivity index (χ4n) is 2.71. The molecule has 0 atom stereocenters. The smallest absolute Gasteiger partial charge is 0.358 e. The van der Waals surface area contributed by atoms with Crippen LogP contribution < -0.4 is 0 Å². The second kappa shape index (κ2) is 6.31. The summed E-state index contributed by atoms with van der Waals surface area (Å²) >= 11 is 0. The first-order valence-corrected chi connectivity index (χ1v) is 9.34. The molecule has 2 saturated carbocycles. The van der Waals surface area contributed by atoms with Crippen LogP contribution in [0.15, 0.2) is 34.3 Å². The van der Waals surface area contributed by atoms with E-state index in [-0.39, 0.29) is 22.0 Å². The fraction of sp³-hybridized carbons (Fsp3) is 0.500. The third-order valence-corrected chi connectivity index (χ3v) is 6.50. The minimum Gasteiger partial charge on any atom is -0.476 e. The Morgan fingerprint density at radius 2 is 1.70 bits per heavy atom. The van der Waals surface area contributed by atoms with Gasteiger partial charge in [0.15, 0.2) is 15.5 Å². The van der Waals surface area contributed by atoms with Crippen LogP contribution in [-0.4, -0.2) is 36.6 Å². The molecule has 6 nitrogen and oxygen atoms in total. The first-order chi connectivity index (χ1) is 11.0. The minimum atomic E-state index is -3.27. The number of sulfone groups is 1. The van der Waals surface area contributed by atoms with Gasteiger partial charge in [-0.1, -0.05) is 17.3 Å². The van der Waals surface area contributed by atoms with Crippen molar-refractivity contribution in [3.63, 3.8) is 0 Å². The monoisotopic (exact) mass is 337 g/mol. The number of carboxylic acid groups (broad SMARTS) is 1. The summed E-state index contributed by atoms with van der Waals surface area (Å²) < 4.78 is 24.3. The van der Waals surface area contributed by atoms with Crippen LogP contribution in [0.4, 0.5) is 0 Å². The van der Waals surface area contributed by atoms with Gasteiger partial charge in [0.1, 0.15) is 6.10 Å². The molecule has 0 heterocycles. The van der Waals surface area contributed by atoms with Gasteiger partial charge >= 0.3 is 5.97 Å². The van der Waals surface area contributed by atoms with Crippen molar-refractivity contribution in [1.82, 2.24) is 0 Å². The molecule has 0 saturated heterocycles. The molecule has 1 aromatic rings. The summed E-state index contributed by atoms with van der Waals surface area (Å²) in [4.78, 5) is 16.9. The zero-order valence-corrected chi connectivity index (χ0v) is 13.5. The van der Waals surface area contributed by atoms with Crippen molar-refractivity contribution in [3.8, 4) is 0 Å². The number of rotatable bonds is 6. The van der Waals surface area contributed by atoms with Gasteiger partial charge in [0.2, 0.25) is 0 Å². The number of carboxylic acids is 1. The zero-order valence-electron chi connectivity index (χ0n) is 12.6. The second-order valence-electron chi connectivity index (χ2n) is 6.03. The molecule has 2 aliphatic rings. The maximum atomic E-state index is 12.1. The number of benzene rings is 1. The summed E-state index contributed by atoms with van der Waals surface area (Å²) in [5, 5.41) is 12.8. The van der Waals surface area contributed by atoms with E-state index < -0.39 is 15.8 Å². The van der Waals surface area contributed by atoms with Gasteiger partial charge in [0, 0.05) is 5.56 Å². The molecule has 7 heteroatoms. The molecule has 2 aliphatic carbocycles. The molecule has 1 aromatic carbocycles. The van der Waals surface area contributed by atoms with Crippen LogP contribution >= 0.6 is 0 Å². The molecule has 0 bridgehead atoms. The van der Waals surface area contributed by atoms with Gasteiger partial charge in [0.25, 0.3) is 0 Å². The quantitative estimate of drug-likeness (QED) is 0.635. The average molecular weight is 337 g/mol. The highest BCUT2D eigenvalue weighted by Gasteiger charge is 2.36. The van der Waals surface area contributed by atoms with Gasteiger partial charge in [-0.25, -0.2) is 13.2 Å². The Balaban J connectivity index is 1.79. The summed E-state index contributed by atoms with van der Waals surface area (Å²) in [5.41, 5.74) is 0.137. The van der Waals surface area contributed by atoms with E-state index in [1.807, 2.05) is 0 Å². The van der Waals surface area contributed by atoms with Crippen LogP contribution in [0.1, 0.15) is 44.1 Å². The normalized spacial score (nSPS) is 19.7. The SMILES string of the molecule is O=C(O)/C(=N/OC1CCCC1)c1ccc(S(=O)(=O)C2CC2)cc1. The topological polar surface area (TPSA) is 93.0 Å². The van der Waals surface area contributed by atoms with Crippen molar-refractivity contribution in [3.05, 3.63) is 29.8 Å². The van der Waals surface area contributed by atoms with Crippen molar-refractivity contribution in [2.75, 3.05) is 0 Å². The van der Waals surface area contributed by atoms with Crippen molar-refractivity contribution < 1.29 is 23.2 Å². The first kappa shape index (κ1) is 16.0. The van der Waals surface area contributed by atoms with E-state index in [1.54, 1.807) is 0 Å². The lowest BCUT2D eigenvalue weighted by Crippen LogP contribution is -2.17. The van der Waals surface area contributed by atoms with Crippen molar-refractivity contribution in [2.24, 2.45) is 5.16 Å². The highest BCUT2D eigenvalue weighted by molar-refractivity contribution is 7.92. The maximum absolute atomic E-state index is 12.1. The van der Waals surface area contributed by atoms with Crippen molar-refractivity contribution in [2.45, 2.75) is 54.8 Å². The maximum Gasteiger partial charge on any atom is 0.358 e. The molecular formula is C16H19NO5S. The highest BCUT2D eigenvalue weighted by atomic mass is 32.2. The molecule has 0 amide bonds. The van der Waals surface area contributed by atoms with Crippen LogP contribution in [-0.2, 0) is 19.5 Å². The van der Waals surface area contributed by atoms with E-state index in [4.69, 9.17) is 4.84 Å². The number of oxime groups is 1. The molecular weight excluding hydrogens is 318 g/mol. The highest BCUT2D eigenvalue weighted by Crippen LogP contribution is 2.33. The minimum absolute atomic E-state index is 0.0288. The summed E-state index contributed by atoms with van der Waals surface area (Å²) in [5.74, 6) is -1.19. The molecule has 0 radical (unpaired) electrons. The van der Waals surface area contributed by atoms with E-state index in [9.17, 15) is 18.3 Å². The molecule has 0 aromatic heterocycles. The largest absolute Gasteiger partial charge is 0.476 e. The molecule has 0 spiro atoms. The van der Waals surface area contributed by atoms with Crippen LogP contribution in [0.25, 0.3) is 0 Å². The Hall–Kier alpha value is -1.89. The molecule has 2 fully saturated rings. The van der Waals surface area contributed by atoms with Gasteiger partial charge in [0.05, 0.1) is 10.1 Å². The lowest BCUT2D eigenvalue weighted by Gasteiger charge is -2.09. The van der Waals surface area contributed by atoms with Crippen molar-refractivity contribution >= 4 is 21.5 Å². The van der Waals surface area contributed by atoms with Gasteiger partial charge < -0.3 is 9.94 Å². The van der Waals surface area contributed by atoms with Gasteiger partial charge in [-0.15, -0.1) is 0 Å². The average Bonchev–Trinajstić information content (AvgIpc) is 3.27. The number of carbonyl (C=O) groups is 1. The lowest BCUT2D eigenvalue weighted by atomic mass is 10.1. The van der Waals surface area contributed by atoms with Crippen LogP contribution in [0.3, 0.4) is 0 Å². The predicted octanol–water partition coefficient (Wildman–Crippen LogP) is 2.37. The number of hydrogen-bond acceptors (Lipinski definition) is 5. The third-order valence-electron chi connectivity index (χ3n) is 4.22.